The van der Waals surface area contributed by atoms with Crippen LogP contribution in [0.3, 0.4) is 0 Å². The van der Waals surface area contributed by atoms with Gasteiger partial charge in [-0.2, -0.15) is 0 Å². The molecule has 4 aromatic carbocycles. The van der Waals surface area contributed by atoms with E-state index in [4.69, 9.17) is 14.2 Å². The predicted octanol–water partition coefficient (Wildman–Crippen LogP) is 5.69. The summed E-state index contributed by atoms with van der Waals surface area (Å²) in [6, 6.07) is 30.2. The Balaban J connectivity index is 1.45. The van der Waals surface area contributed by atoms with Gasteiger partial charge in [-0.05, 0) is 59.2 Å². The Morgan fingerprint density at radius 1 is 0.651 bits per heavy atom. The molecule has 8 heteroatoms. The molecule has 5 rings (SSSR count). The Morgan fingerprint density at radius 2 is 1.21 bits per heavy atom. The van der Waals surface area contributed by atoms with Gasteiger partial charge in [-0.3, -0.25) is 14.4 Å². The maximum Gasteiger partial charge on any atom is 0.308 e. The van der Waals surface area contributed by atoms with E-state index in [1.807, 2.05) is 71.6 Å². The normalized spacial score (nSPS) is 13.0. The topological polar surface area (TPSA) is 85.4 Å². The van der Waals surface area contributed by atoms with Gasteiger partial charge in [0, 0.05) is 63.3 Å². The zero-order chi connectivity index (χ0) is 30.3. The van der Waals surface area contributed by atoms with Crippen LogP contribution >= 0.6 is 0 Å². The van der Waals surface area contributed by atoms with E-state index < -0.39 is 11.9 Å². The quantitative estimate of drug-likeness (QED) is 0.151. The second-order valence-electron chi connectivity index (χ2n) is 10.3. The Labute approximate surface area is 251 Å². The monoisotopic (exact) mass is 578 g/mol. The molecule has 0 spiro atoms. The Kier molecular flexibility index (Phi) is 9.05. The van der Waals surface area contributed by atoms with Gasteiger partial charge in [-0.1, -0.05) is 48.5 Å². The Morgan fingerprint density at radius 3 is 1.74 bits per heavy atom. The number of benzene rings is 4. The van der Waals surface area contributed by atoms with Gasteiger partial charge in [0.1, 0.15) is 17.2 Å². The summed E-state index contributed by atoms with van der Waals surface area (Å²) < 4.78 is 15.9. The van der Waals surface area contributed by atoms with Gasteiger partial charge in [0.15, 0.2) is 0 Å². The molecule has 1 aliphatic rings. The lowest BCUT2D eigenvalue weighted by Crippen LogP contribution is -2.49. The van der Waals surface area contributed by atoms with E-state index >= 15 is 0 Å². The fourth-order valence-corrected chi connectivity index (χ4v) is 5.43. The summed E-state index contributed by atoms with van der Waals surface area (Å²) in [6.07, 6.45) is 0. The van der Waals surface area contributed by atoms with Crippen LogP contribution in [-0.4, -0.2) is 56.0 Å². The molecule has 0 radical (unpaired) electrons. The maximum absolute atomic E-state index is 14.1. The van der Waals surface area contributed by atoms with Crippen molar-refractivity contribution in [2.45, 2.75) is 19.8 Å². The Bertz CT molecular complexity index is 1530. The molecule has 8 nitrogen and oxygen atoms in total. The van der Waals surface area contributed by atoms with E-state index in [0.717, 1.165) is 28.1 Å². The minimum absolute atomic E-state index is 0.0287. The molecule has 0 bridgehead atoms. The summed E-state index contributed by atoms with van der Waals surface area (Å²) in [7, 11) is 1.66. The van der Waals surface area contributed by atoms with Gasteiger partial charge < -0.3 is 24.0 Å². The average molecular weight is 579 g/mol. The Hall–Kier alpha value is -5.11. The number of rotatable bonds is 8. The number of methoxy groups -OCH3 is 1. The number of anilines is 1. The number of amides is 1. The molecule has 220 valence electrons. The van der Waals surface area contributed by atoms with Crippen molar-refractivity contribution in [1.82, 2.24) is 4.90 Å². The highest BCUT2D eigenvalue weighted by atomic mass is 16.5. The number of esters is 2. The molecule has 0 N–H and O–H groups in total. The van der Waals surface area contributed by atoms with Gasteiger partial charge in [0.05, 0.1) is 7.11 Å². The molecule has 1 amide bonds. The van der Waals surface area contributed by atoms with Crippen LogP contribution in [0.1, 0.15) is 46.8 Å². The van der Waals surface area contributed by atoms with Crippen LogP contribution in [0.5, 0.6) is 17.2 Å². The molecule has 1 saturated heterocycles. The molecular formula is C35H34N2O6. The molecule has 1 fully saturated rings. The van der Waals surface area contributed by atoms with Gasteiger partial charge in [0.25, 0.3) is 5.91 Å². The van der Waals surface area contributed by atoms with Crippen molar-refractivity contribution in [3.63, 3.8) is 0 Å². The summed E-state index contributed by atoms with van der Waals surface area (Å²) in [4.78, 5) is 41.2. The van der Waals surface area contributed by atoms with Crippen molar-refractivity contribution >= 4 is 23.5 Å². The van der Waals surface area contributed by atoms with Gasteiger partial charge >= 0.3 is 11.9 Å². The fourth-order valence-electron chi connectivity index (χ4n) is 5.43. The lowest BCUT2D eigenvalue weighted by Gasteiger charge is -2.36. The van der Waals surface area contributed by atoms with Gasteiger partial charge in [0.2, 0.25) is 0 Å². The smallest absolute Gasteiger partial charge is 0.308 e. The molecule has 43 heavy (non-hydrogen) atoms. The number of ether oxygens (including phenoxy) is 3. The molecule has 0 atom stereocenters. The summed E-state index contributed by atoms with van der Waals surface area (Å²) >= 11 is 0. The van der Waals surface area contributed by atoms with Crippen LogP contribution in [0.2, 0.25) is 0 Å². The largest absolute Gasteiger partial charge is 0.497 e. The third-order valence-electron chi connectivity index (χ3n) is 7.44. The van der Waals surface area contributed by atoms with Crippen LogP contribution in [0.4, 0.5) is 5.69 Å². The van der Waals surface area contributed by atoms with E-state index in [2.05, 4.69) is 11.0 Å². The predicted molar refractivity (Wildman–Crippen MR) is 164 cm³/mol. The number of piperazine rings is 1. The molecule has 1 heterocycles. The standard InChI is InChI=1S/C35H34N2O6/c1-24(38)42-29-15-11-26(12-16-29)34(27-13-17-30(18-14-27)43-25(2)39)32-9-4-5-10-33(32)35(40)37-21-19-36(20-22-37)28-7-6-8-31(23-28)41-3/h4-18,23,34H,19-22H2,1-3H3. The van der Waals surface area contributed by atoms with Crippen LogP contribution in [0.25, 0.3) is 0 Å². The first kappa shape index (κ1) is 29.4. The zero-order valence-electron chi connectivity index (χ0n) is 24.5. The number of nitrogens with zero attached hydrogens (tertiary/aromatic N) is 2. The SMILES string of the molecule is COc1cccc(N2CCN(C(=O)c3ccccc3C(c3ccc(OC(C)=O)cc3)c3ccc(OC(C)=O)cc3)CC2)c1. The summed E-state index contributed by atoms with van der Waals surface area (Å²) in [5.74, 6) is 0.560. The third-order valence-corrected chi connectivity index (χ3v) is 7.44. The third kappa shape index (κ3) is 7.04. The summed E-state index contributed by atoms with van der Waals surface area (Å²) in [5, 5.41) is 0. The lowest BCUT2D eigenvalue weighted by molar-refractivity contribution is -0.132. The van der Waals surface area contributed by atoms with E-state index in [1.54, 1.807) is 31.4 Å². The van der Waals surface area contributed by atoms with Crippen molar-refractivity contribution in [3.8, 4) is 17.2 Å². The van der Waals surface area contributed by atoms with Crippen LogP contribution in [-0.2, 0) is 9.59 Å². The number of carbonyl (C=O) groups is 3. The second kappa shape index (κ2) is 13.2. The van der Waals surface area contributed by atoms with Crippen LogP contribution < -0.4 is 19.1 Å². The summed E-state index contributed by atoms with van der Waals surface area (Å²) in [6.45, 7) is 5.31. The number of carbonyl (C=O) groups excluding carboxylic acids is 3. The zero-order valence-corrected chi connectivity index (χ0v) is 24.5. The summed E-state index contributed by atoms with van der Waals surface area (Å²) in [5.41, 5.74) is 4.37. The highest BCUT2D eigenvalue weighted by Crippen LogP contribution is 2.36. The molecule has 1 aliphatic heterocycles. The van der Waals surface area contributed by atoms with Crippen molar-refractivity contribution in [1.29, 1.82) is 0 Å². The molecular weight excluding hydrogens is 544 g/mol. The highest BCUT2D eigenvalue weighted by molar-refractivity contribution is 5.96. The average Bonchev–Trinajstić information content (AvgIpc) is 3.02. The van der Waals surface area contributed by atoms with Crippen molar-refractivity contribution in [2.75, 3.05) is 38.2 Å². The van der Waals surface area contributed by atoms with Crippen molar-refractivity contribution in [2.24, 2.45) is 0 Å². The molecule has 0 aliphatic carbocycles. The van der Waals surface area contributed by atoms with Gasteiger partial charge in [-0.15, -0.1) is 0 Å². The lowest BCUT2D eigenvalue weighted by atomic mass is 9.82. The fraction of sp³-hybridized carbons (Fsp3) is 0.229. The van der Waals surface area contributed by atoms with E-state index in [9.17, 15) is 14.4 Å². The van der Waals surface area contributed by atoms with E-state index in [1.165, 1.54) is 13.8 Å². The van der Waals surface area contributed by atoms with E-state index in [-0.39, 0.29) is 11.8 Å². The number of hydrogen-bond donors (Lipinski definition) is 0. The first-order valence-corrected chi connectivity index (χ1v) is 14.2. The van der Waals surface area contributed by atoms with Gasteiger partial charge in [-0.25, -0.2) is 0 Å². The molecule has 0 aromatic heterocycles. The van der Waals surface area contributed by atoms with Crippen LogP contribution in [0, 0.1) is 0 Å². The van der Waals surface area contributed by atoms with E-state index in [0.29, 0.717) is 43.2 Å². The number of hydrogen-bond acceptors (Lipinski definition) is 7. The molecule has 4 aromatic rings. The highest BCUT2D eigenvalue weighted by Gasteiger charge is 2.28. The maximum atomic E-state index is 14.1. The van der Waals surface area contributed by atoms with Crippen molar-refractivity contribution in [3.05, 3.63) is 119 Å². The molecule has 0 saturated carbocycles. The second-order valence-corrected chi connectivity index (χ2v) is 10.3. The minimum atomic E-state index is -0.396. The molecule has 0 unspecified atom stereocenters. The van der Waals surface area contributed by atoms with Crippen LogP contribution in [0.15, 0.2) is 97.1 Å². The first-order chi connectivity index (χ1) is 20.8. The first-order valence-electron chi connectivity index (χ1n) is 14.2. The van der Waals surface area contributed by atoms with Crippen molar-refractivity contribution < 1.29 is 28.6 Å². The minimum Gasteiger partial charge on any atom is -0.497 e.